The zero-order valence-corrected chi connectivity index (χ0v) is 11.8. The summed E-state index contributed by atoms with van der Waals surface area (Å²) in [6, 6.07) is 0. The van der Waals surface area contributed by atoms with Crippen molar-refractivity contribution in [2.45, 2.75) is 77.6 Å². The first-order valence-electron chi connectivity index (χ1n) is 7.45. The lowest BCUT2D eigenvalue weighted by molar-refractivity contribution is 0.617. The summed E-state index contributed by atoms with van der Waals surface area (Å²) in [7, 11) is 0. The zero-order chi connectivity index (χ0) is 12.6. The summed E-state index contributed by atoms with van der Waals surface area (Å²) in [5, 5.41) is 0. The SMILES string of the molecule is C=CCCCCCC[CH]CCCCCC=CC. The average molecular weight is 235 g/mol. The molecule has 0 saturated carbocycles. The van der Waals surface area contributed by atoms with Crippen molar-refractivity contribution in [2.75, 3.05) is 0 Å². The van der Waals surface area contributed by atoms with Crippen LogP contribution in [-0.2, 0) is 0 Å². The van der Waals surface area contributed by atoms with Crippen molar-refractivity contribution in [3.8, 4) is 0 Å². The van der Waals surface area contributed by atoms with Crippen molar-refractivity contribution in [3.05, 3.63) is 31.2 Å². The lowest BCUT2D eigenvalue weighted by atomic mass is 10.1. The van der Waals surface area contributed by atoms with Gasteiger partial charge >= 0.3 is 0 Å². The molecule has 99 valence electrons. The molecule has 0 fully saturated rings. The van der Waals surface area contributed by atoms with Gasteiger partial charge < -0.3 is 0 Å². The molecule has 0 N–H and O–H groups in total. The van der Waals surface area contributed by atoms with Gasteiger partial charge in [-0.1, -0.05) is 63.2 Å². The molecule has 1 radical (unpaired) electrons. The smallest absolute Gasteiger partial charge is 0.0351 e. The molecule has 0 aromatic heterocycles. The van der Waals surface area contributed by atoms with Gasteiger partial charge in [0.1, 0.15) is 0 Å². The Morgan fingerprint density at radius 1 is 0.706 bits per heavy atom. The van der Waals surface area contributed by atoms with Gasteiger partial charge in [0.15, 0.2) is 0 Å². The molecule has 17 heavy (non-hydrogen) atoms. The quantitative estimate of drug-likeness (QED) is 0.262. The van der Waals surface area contributed by atoms with E-state index < -0.39 is 0 Å². The molecule has 0 heterocycles. The number of hydrogen-bond donors (Lipinski definition) is 0. The van der Waals surface area contributed by atoms with Gasteiger partial charge in [0, 0.05) is 0 Å². The first kappa shape index (κ1) is 16.5. The van der Waals surface area contributed by atoms with Crippen LogP contribution >= 0.6 is 0 Å². The number of allylic oxidation sites excluding steroid dienone is 3. The number of unbranched alkanes of at least 4 members (excludes halogenated alkanes) is 11. The van der Waals surface area contributed by atoms with Crippen LogP contribution in [-0.4, -0.2) is 0 Å². The van der Waals surface area contributed by atoms with Gasteiger partial charge in [0.2, 0.25) is 0 Å². The molecular weight excluding hydrogens is 204 g/mol. The Morgan fingerprint density at radius 3 is 1.82 bits per heavy atom. The molecule has 0 atom stereocenters. The molecule has 0 aliphatic rings. The van der Waals surface area contributed by atoms with E-state index in [1.54, 1.807) is 0 Å². The third-order valence-corrected chi connectivity index (χ3v) is 3.08. The van der Waals surface area contributed by atoms with Gasteiger partial charge in [-0.3, -0.25) is 0 Å². The summed E-state index contributed by atoms with van der Waals surface area (Å²) in [6.07, 6.45) is 23.7. The second kappa shape index (κ2) is 15.5. The summed E-state index contributed by atoms with van der Waals surface area (Å²) in [4.78, 5) is 0. The van der Waals surface area contributed by atoms with E-state index in [0.717, 1.165) is 0 Å². The minimum Gasteiger partial charge on any atom is -0.103 e. The predicted octanol–water partition coefficient (Wildman–Crippen LogP) is 6.24. The molecule has 0 aromatic rings. The van der Waals surface area contributed by atoms with Crippen molar-refractivity contribution in [3.63, 3.8) is 0 Å². The summed E-state index contributed by atoms with van der Waals surface area (Å²) >= 11 is 0. The normalized spacial score (nSPS) is 11.1. The minimum absolute atomic E-state index is 1.19. The predicted molar refractivity (Wildman–Crippen MR) is 80.1 cm³/mol. The van der Waals surface area contributed by atoms with E-state index in [-0.39, 0.29) is 0 Å². The van der Waals surface area contributed by atoms with Crippen LogP contribution in [0.5, 0.6) is 0 Å². The van der Waals surface area contributed by atoms with Gasteiger partial charge in [-0.25, -0.2) is 0 Å². The zero-order valence-electron chi connectivity index (χ0n) is 11.8. The van der Waals surface area contributed by atoms with Crippen molar-refractivity contribution in [1.82, 2.24) is 0 Å². The maximum absolute atomic E-state index is 3.74. The van der Waals surface area contributed by atoms with Crippen LogP contribution in [0.1, 0.15) is 77.6 Å². The van der Waals surface area contributed by atoms with Gasteiger partial charge in [-0.2, -0.15) is 0 Å². The van der Waals surface area contributed by atoms with Gasteiger partial charge in [0.25, 0.3) is 0 Å². The average Bonchev–Trinajstić information content (AvgIpc) is 2.35. The van der Waals surface area contributed by atoms with Crippen LogP contribution in [0.4, 0.5) is 0 Å². The van der Waals surface area contributed by atoms with Crippen molar-refractivity contribution in [1.29, 1.82) is 0 Å². The molecule has 0 unspecified atom stereocenters. The van der Waals surface area contributed by atoms with Crippen molar-refractivity contribution < 1.29 is 0 Å². The molecule has 0 aromatic carbocycles. The standard InChI is InChI=1S/C17H31/c1-3-5-7-9-11-13-15-17-16-14-12-10-8-6-4-2/h3-4,6,17H,1,5,7-16H2,2H3. The molecule has 0 heteroatoms. The van der Waals surface area contributed by atoms with E-state index in [1.165, 1.54) is 70.6 Å². The highest BCUT2D eigenvalue weighted by molar-refractivity contribution is 4.76. The Bertz CT molecular complexity index is 167. The Morgan fingerprint density at radius 2 is 1.24 bits per heavy atom. The Balaban J connectivity index is 2.91. The molecule has 0 amide bonds. The third kappa shape index (κ3) is 15.5. The number of hydrogen-bond acceptors (Lipinski definition) is 0. The highest BCUT2D eigenvalue weighted by atomic mass is 14.0. The lowest BCUT2D eigenvalue weighted by Gasteiger charge is -2.01. The maximum atomic E-state index is 3.74. The molecule has 0 spiro atoms. The fourth-order valence-corrected chi connectivity index (χ4v) is 1.97. The fourth-order valence-electron chi connectivity index (χ4n) is 1.97. The van der Waals surface area contributed by atoms with Gasteiger partial charge in [-0.05, 0) is 39.0 Å². The molecule has 0 aliphatic heterocycles. The first-order chi connectivity index (χ1) is 8.41. The van der Waals surface area contributed by atoms with E-state index in [2.05, 4.69) is 32.1 Å². The highest BCUT2D eigenvalue weighted by Gasteiger charge is 1.92. The van der Waals surface area contributed by atoms with Crippen LogP contribution in [0.25, 0.3) is 0 Å². The van der Waals surface area contributed by atoms with Crippen molar-refractivity contribution >= 4 is 0 Å². The molecule has 0 bridgehead atoms. The first-order valence-corrected chi connectivity index (χ1v) is 7.45. The maximum Gasteiger partial charge on any atom is -0.0351 e. The minimum atomic E-state index is 1.19. The largest absolute Gasteiger partial charge is 0.103 e. The second-order valence-electron chi connectivity index (χ2n) is 4.78. The monoisotopic (exact) mass is 235 g/mol. The van der Waals surface area contributed by atoms with E-state index in [4.69, 9.17) is 0 Å². The molecule has 0 rings (SSSR count). The van der Waals surface area contributed by atoms with E-state index in [0.29, 0.717) is 0 Å². The molecule has 0 aliphatic carbocycles. The fraction of sp³-hybridized carbons (Fsp3) is 0.706. The van der Waals surface area contributed by atoms with E-state index in [9.17, 15) is 0 Å². The van der Waals surface area contributed by atoms with Crippen LogP contribution in [0.2, 0.25) is 0 Å². The van der Waals surface area contributed by atoms with Crippen LogP contribution < -0.4 is 0 Å². The van der Waals surface area contributed by atoms with Crippen molar-refractivity contribution in [2.24, 2.45) is 0 Å². The van der Waals surface area contributed by atoms with Crippen LogP contribution in [0, 0.1) is 6.42 Å². The van der Waals surface area contributed by atoms with E-state index in [1.807, 2.05) is 6.08 Å². The van der Waals surface area contributed by atoms with Crippen LogP contribution in [0.3, 0.4) is 0 Å². The summed E-state index contributed by atoms with van der Waals surface area (Å²) in [5.74, 6) is 0. The van der Waals surface area contributed by atoms with Crippen LogP contribution in [0.15, 0.2) is 24.8 Å². The highest BCUT2D eigenvalue weighted by Crippen LogP contribution is 2.11. The Labute approximate surface area is 109 Å². The second-order valence-corrected chi connectivity index (χ2v) is 4.78. The molecular formula is C17H31. The molecule has 0 saturated heterocycles. The summed E-state index contributed by atoms with van der Waals surface area (Å²) in [6.45, 7) is 5.84. The van der Waals surface area contributed by atoms with Gasteiger partial charge in [-0.15, -0.1) is 6.58 Å². The summed E-state index contributed by atoms with van der Waals surface area (Å²) in [5.41, 5.74) is 0. The topological polar surface area (TPSA) is 0 Å². The third-order valence-electron chi connectivity index (χ3n) is 3.08. The Hall–Kier alpha value is -0.520. The Kier molecular flexibility index (Phi) is 15.0. The van der Waals surface area contributed by atoms with Gasteiger partial charge in [0.05, 0.1) is 0 Å². The van der Waals surface area contributed by atoms with E-state index >= 15 is 0 Å². The summed E-state index contributed by atoms with van der Waals surface area (Å²) < 4.78 is 0. The molecule has 0 nitrogen and oxygen atoms in total. The lowest BCUT2D eigenvalue weighted by Crippen LogP contribution is -1.82. The number of rotatable bonds is 13.